The van der Waals surface area contributed by atoms with Gasteiger partial charge in [0.2, 0.25) is 0 Å². The van der Waals surface area contributed by atoms with Crippen LogP contribution < -0.4 is 0 Å². The number of aliphatic hydroxyl groups is 4. The molecule has 0 spiro atoms. The van der Waals surface area contributed by atoms with Gasteiger partial charge in [0.1, 0.15) is 0 Å². The van der Waals surface area contributed by atoms with Crippen molar-refractivity contribution in [1.29, 1.82) is 0 Å². The van der Waals surface area contributed by atoms with E-state index in [2.05, 4.69) is 12.1 Å². The average molecular weight is 575 g/mol. The molecular weight excluding hydrogens is 536 g/mol. The van der Waals surface area contributed by atoms with Crippen molar-refractivity contribution in [3.63, 3.8) is 0 Å². The molecule has 0 atom stereocenters. The summed E-state index contributed by atoms with van der Waals surface area (Å²) in [6.45, 7) is 0.543. The van der Waals surface area contributed by atoms with Gasteiger partial charge in [-0.25, -0.2) is 0 Å². The third-order valence-corrected chi connectivity index (χ3v) is 7.87. The van der Waals surface area contributed by atoms with Crippen LogP contribution in [0.4, 0.5) is 0 Å². The van der Waals surface area contributed by atoms with E-state index in [0.717, 1.165) is 27.5 Å². The van der Waals surface area contributed by atoms with Gasteiger partial charge in [0.05, 0.1) is 63.7 Å². The fraction of sp³-hybridized carbons (Fsp3) is 0.353. The molecule has 2 aliphatic rings. The Labute approximate surface area is 245 Å². The van der Waals surface area contributed by atoms with E-state index < -0.39 is 23.4 Å². The minimum absolute atomic E-state index is 0.147. The molecule has 6 rings (SSSR count). The van der Waals surface area contributed by atoms with Crippen LogP contribution in [0.2, 0.25) is 0 Å². The van der Waals surface area contributed by atoms with E-state index in [-0.39, 0.29) is 52.9 Å². The molecule has 8 heteroatoms. The first kappa shape index (κ1) is 30.3. The standard InChI is InChI=1S/C18H20O4.C16H18O4/c19-10-18(11-20)12-21-17(22-13-18)16-8-6-15(7-9-16)14-4-2-1-3-5-14;17-8-16(9-18)10-19-15(20-11-16)14-7-3-5-12-4-1-2-6-13(12)14/h1-9,17,19-20H,10-13H2;1-7,15,17-18H,8-11H2. The Morgan fingerprint density at radius 3 is 1.55 bits per heavy atom. The number of hydrogen-bond acceptors (Lipinski definition) is 8. The highest BCUT2D eigenvalue weighted by Crippen LogP contribution is 2.35. The highest BCUT2D eigenvalue weighted by atomic mass is 16.7. The first-order valence-electron chi connectivity index (χ1n) is 14.1. The Balaban J connectivity index is 0.000000169. The number of aliphatic hydroxyl groups excluding tert-OH is 4. The fourth-order valence-electron chi connectivity index (χ4n) is 4.95. The Bertz CT molecular complexity index is 1380. The van der Waals surface area contributed by atoms with Gasteiger partial charge in [-0.1, -0.05) is 97.1 Å². The van der Waals surface area contributed by atoms with Gasteiger partial charge in [-0.15, -0.1) is 0 Å². The molecular formula is C34H38O8. The van der Waals surface area contributed by atoms with Crippen LogP contribution in [0.1, 0.15) is 23.7 Å². The lowest BCUT2D eigenvalue weighted by Gasteiger charge is -2.37. The first-order valence-corrected chi connectivity index (χ1v) is 14.1. The summed E-state index contributed by atoms with van der Waals surface area (Å²) in [4.78, 5) is 0. The molecule has 4 N–H and O–H groups in total. The van der Waals surface area contributed by atoms with Crippen molar-refractivity contribution in [2.75, 3.05) is 52.9 Å². The van der Waals surface area contributed by atoms with Crippen LogP contribution in [-0.4, -0.2) is 73.3 Å². The molecule has 4 aromatic rings. The Morgan fingerprint density at radius 1 is 0.500 bits per heavy atom. The molecule has 0 aliphatic carbocycles. The lowest BCUT2D eigenvalue weighted by atomic mass is 9.91. The minimum atomic E-state index is -0.694. The van der Waals surface area contributed by atoms with Crippen LogP contribution in [-0.2, 0) is 18.9 Å². The van der Waals surface area contributed by atoms with Crippen molar-refractivity contribution < 1.29 is 39.4 Å². The average Bonchev–Trinajstić information content (AvgIpc) is 3.09. The van der Waals surface area contributed by atoms with Crippen LogP contribution in [0.15, 0.2) is 97.1 Å². The zero-order valence-electron chi connectivity index (χ0n) is 23.5. The molecule has 222 valence electrons. The fourth-order valence-corrected chi connectivity index (χ4v) is 4.95. The molecule has 0 unspecified atom stereocenters. The SMILES string of the molecule is OCC1(CO)COC(c2ccc(-c3ccccc3)cc2)OC1.OCC1(CO)COC(c2cccc3ccccc23)OC1. The molecule has 0 bridgehead atoms. The van der Waals surface area contributed by atoms with Gasteiger partial charge < -0.3 is 39.4 Å². The van der Waals surface area contributed by atoms with Crippen LogP contribution in [0.3, 0.4) is 0 Å². The number of fused-ring (bicyclic) bond motifs is 1. The van der Waals surface area contributed by atoms with Gasteiger partial charge in [-0.3, -0.25) is 0 Å². The Morgan fingerprint density at radius 2 is 0.976 bits per heavy atom. The molecule has 4 aromatic carbocycles. The molecule has 8 nitrogen and oxygen atoms in total. The quantitative estimate of drug-likeness (QED) is 0.259. The monoisotopic (exact) mass is 574 g/mol. The summed E-state index contributed by atoms with van der Waals surface area (Å²) in [5, 5.41) is 39.6. The van der Waals surface area contributed by atoms with Crippen molar-refractivity contribution in [2.24, 2.45) is 10.8 Å². The summed E-state index contributed by atoms with van der Waals surface area (Å²) in [5.41, 5.74) is 2.83. The lowest BCUT2D eigenvalue weighted by molar-refractivity contribution is -0.248. The molecule has 0 saturated carbocycles. The van der Waals surface area contributed by atoms with Gasteiger partial charge in [0.25, 0.3) is 0 Å². The van der Waals surface area contributed by atoms with Gasteiger partial charge in [0, 0.05) is 11.1 Å². The summed E-state index contributed by atoms with van der Waals surface area (Å²) in [6, 6.07) is 32.3. The Kier molecular flexibility index (Phi) is 9.99. The maximum Gasteiger partial charge on any atom is 0.184 e. The van der Waals surface area contributed by atoms with Crippen LogP contribution in [0, 0.1) is 10.8 Å². The van der Waals surface area contributed by atoms with Crippen molar-refractivity contribution in [3.05, 3.63) is 108 Å². The van der Waals surface area contributed by atoms with Gasteiger partial charge in [-0.2, -0.15) is 0 Å². The Hall–Kier alpha value is -3.18. The molecule has 0 aromatic heterocycles. The van der Waals surface area contributed by atoms with E-state index in [1.54, 1.807) is 0 Å². The molecule has 2 aliphatic heterocycles. The molecule has 2 heterocycles. The van der Waals surface area contributed by atoms with E-state index >= 15 is 0 Å². The zero-order valence-corrected chi connectivity index (χ0v) is 23.5. The van der Waals surface area contributed by atoms with E-state index in [4.69, 9.17) is 18.9 Å². The van der Waals surface area contributed by atoms with Crippen molar-refractivity contribution in [2.45, 2.75) is 12.6 Å². The van der Waals surface area contributed by atoms with Crippen LogP contribution in [0.25, 0.3) is 21.9 Å². The minimum Gasteiger partial charge on any atom is -0.396 e. The van der Waals surface area contributed by atoms with Crippen molar-refractivity contribution in [3.8, 4) is 11.1 Å². The summed E-state index contributed by atoms with van der Waals surface area (Å²) in [5.74, 6) is 0. The van der Waals surface area contributed by atoms with Crippen LogP contribution >= 0.6 is 0 Å². The molecule has 0 radical (unpaired) electrons. The predicted molar refractivity (Wildman–Crippen MR) is 158 cm³/mol. The van der Waals surface area contributed by atoms with Gasteiger partial charge >= 0.3 is 0 Å². The third-order valence-electron chi connectivity index (χ3n) is 7.87. The van der Waals surface area contributed by atoms with E-state index in [1.807, 2.05) is 84.9 Å². The zero-order chi connectivity index (χ0) is 29.4. The van der Waals surface area contributed by atoms with E-state index in [0.29, 0.717) is 0 Å². The number of benzene rings is 4. The molecule has 2 fully saturated rings. The van der Waals surface area contributed by atoms with E-state index in [9.17, 15) is 20.4 Å². The topological polar surface area (TPSA) is 118 Å². The van der Waals surface area contributed by atoms with E-state index in [1.165, 1.54) is 5.56 Å². The molecule has 2 saturated heterocycles. The van der Waals surface area contributed by atoms with Crippen molar-refractivity contribution >= 4 is 10.8 Å². The smallest absolute Gasteiger partial charge is 0.184 e. The summed E-state index contributed by atoms with van der Waals surface area (Å²) < 4.78 is 22.8. The largest absolute Gasteiger partial charge is 0.396 e. The predicted octanol–water partition coefficient (Wildman–Crippen LogP) is 4.23. The highest BCUT2D eigenvalue weighted by Gasteiger charge is 2.38. The second-order valence-electron chi connectivity index (χ2n) is 11.1. The second-order valence-corrected chi connectivity index (χ2v) is 11.1. The normalized spacial score (nSPS) is 18.8. The summed E-state index contributed by atoms with van der Waals surface area (Å²) in [6.07, 6.45) is -0.900. The maximum atomic E-state index is 9.35. The van der Waals surface area contributed by atoms with Gasteiger partial charge in [0.15, 0.2) is 12.6 Å². The van der Waals surface area contributed by atoms with Gasteiger partial charge in [-0.05, 0) is 21.9 Å². The lowest BCUT2D eigenvalue weighted by Crippen LogP contribution is -2.44. The number of rotatable bonds is 7. The number of ether oxygens (including phenoxy) is 4. The number of hydrogen-bond donors (Lipinski definition) is 4. The summed E-state index contributed by atoms with van der Waals surface area (Å²) >= 11 is 0. The highest BCUT2D eigenvalue weighted by molar-refractivity contribution is 5.85. The second kappa shape index (κ2) is 13.9. The molecule has 42 heavy (non-hydrogen) atoms. The van der Waals surface area contributed by atoms with Crippen molar-refractivity contribution in [1.82, 2.24) is 0 Å². The first-order chi connectivity index (χ1) is 20.5. The maximum absolute atomic E-state index is 9.35. The third kappa shape index (κ3) is 6.72. The summed E-state index contributed by atoms with van der Waals surface area (Å²) in [7, 11) is 0. The molecule has 0 amide bonds. The van der Waals surface area contributed by atoms with Crippen LogP contribution in [0.5, 0.6) is 0 Å².